The predicted molar refractivity (Wildman–Crippen MR) is 104 cm³/mol. The molecule has 2 heterocycles. The number of pyridine rings is 1. The zero-order valence-electron chi connectivity index (χ0n) is 15.1. The Morgan fingerprint density at radius 1 is 1.03 bits per heavy atom. The fourth-order valence-corrected chi connectivity index (χ4v) is 3.36. The van der Waals surface area contributed by atoms with E-state index in [0.29, 0.717) is 11.1 Å². The number of ketones is 1. The highest BCUT2D eigenvalue weighted by molar-refractivity contribution is 6.33. The summed E-state index contributed by atoms with van der Waals surface area (Å²) in [6, 6.07) is 7.97. The quantitative estimate of drug-likeness (QED) is 0.239. The SMILES string of the molecule is O=C(CCC(F)c1ccc(-c2cccnc2Cl)cc1Cl)c1nccnc1C(F)(F)F. The second-order valence-corrected chi connectivity index (χ2v) is 7.02. The molecule has 2 aromatic heterocycles. The van der Waals surface area contributed by atoms with E-state index < -0.39 is 35.9 Å². The molecule has 1 unspecified atom stereocenters. The highest BCUT2D eigenvalue weighted by Crippen LogP contribution is 2.35. The van der Waals surface area contributed by atoms with Gasteiger partial charge in [0, 0.05) is 41.2 Å². The van der Waals surface area contributed by atoms with E-state index in [2.05, 4.69) is 15.0 Å². The molecular formula is C20H13Cl2F4N3O. The van der Waals surface area contributed by atoms with Crippen molar-refractivity contribution in [3.05, 3.63) is 76.0 Å². The van der Waals surface area contributed by atoms with Gasteiger partial charge in [-0.05, 0) is 30.2 Å². The number of Topliss-reactive ketones (excluding diaryl/α,β-unsaturated/α-hetero) is 1. The Hall–Kier alpha value is -2.58. The van der Waals surface area contributed by atoms with Crippen molar-refractivity contribution in [3.63, 3.8) is 0 Å². The third-order valence-corrected chi connectivity index (χ3v) is 4.89. The maximum Gasteiger partial charge on any atom is 0.435 e. The number of hydrogen-bond donors (Lipinski definition) is 0. The number of benzene rings is 1. The fraction of sp³-hybridized carbons (Fsp3) is 0.200. The highest BCUT2D eigenvalue weighted by Gasteiger charge is 2.37. The van der Waals surface area contributed by atoms with Gasteiger partial charge in [-0.15, -0.1) is 0 Å². The molecule has 0 amide bonds. The standard InChI is InChI=1S/C20H13Cl2F4N3O/c21-14-10-11(12-2-1-7-29-19(12)22)3-4-13(14)15(23)5-6-16(30)17-18(20(24,25)26)28-9-8-27-17/h1-4,7-10,15H,5-6H2. The number of halogens is 6. The first-order valence-electron chi connectivity index (χ1n) is 8.64. The molecule has 0 spiro atoms. The summed E-state index contributed by atoms with van der Waals surface area (Å²) in [6.07, 6.45) is -4.00. The molecule has 3 rings (SSSR count). The van der Waals surface area contributed by atoms with Gasteiger partial charge < -0.3 is 0 Å². The van der Waals surface area contributed by atoms with Crippen LogP contribution in [0.2, 0.25) is 10.2 Å². The van der Waals surface area contributed by atoms with Crippen molar-refractivity contribution >= 4 is 29.0 Å². The second-order valence-electron chi connectivity index (χ2n) is 6.26. The molecule has 0 N–H and O–H groups in total. The number of aromatic nitrogens is 3. The first-order chi connectivity index (χ1) is 14.2. The summed E-state index contributed by atoms with van der Waals surface area (Å²) in [4.78, 5) is 22.8. The van der Waals surface area contributed by atoms with E-state index in [9.17, 15) is 22.4 Å². The molecule has 30 heavy (non-hydrogen) atoms. The lowest BCUT2D eigenvalue weighted by molar-refractivity contribution is -0.141. The van der Waals surface area contributed by atoms with Crippen molar-refractivity contribution in [2.75, 3.05) is 0 Å². The van der Waals surface area contributed by atoms with Crippen LogP contribution in [0.3, 0.4) is 0 Å². The Morgan fingerprint density at radius 2 is 1.77 bits per heavy atom. The average Bonchev–Trinajstić information content (AvgIpc) is 2.71. The second kappa shape index (κ2) is 9.06. The van der Waals surface area contributed by atoms with E-state index in [4.69, 9.17) is 23.2 Å². The van der Waals surface area contributed by atoms with Crippen LogP contribution in [0.5, 0.6) is 0 Å². The molecule has 0 aliphatic carbocycles. The van der Waals surface area contributed by atoms with Crippen LogP contribution in [0.15, 0.2) is 48.9 Å². The molecule has 10 heteroatoms. The van der Waals surface area contributed by atoms with Crippen LogP contribution in [-0.4, -0.2) is 20.7 Å². The van der Waals surface area contributed by atoms with Crippen LogP contribution in [0.1, 0.15) is 40.8 Å². The van der Waals surface area contributed by atoms with E-state index in [1.54, 1.807) is 18.2 Å². The number of hydrogen-bond acceptors (Lipinski definition) is 4. The van der Waals surface area contributed by atoms with Crippen molar-refractivity contribution in [1.82, 2.24) is 15.0 Å². The first kappa shape index (κ1) is 22.1. The average molecular weight is 458 g/mol. The van der Waals surface area contributed by atoms with Crippen molar-refractivity contribution in [3.8, 4) is 11.1 Å². The molecule has 3 aromatic rings. The van der Waals surface area contributed by atoms with Crippen molar-refractivity contribution in [1.29, 1.82) is 0 Å². The number of rotatable bonds is 6. The molecule has 4 nitrogen and oxygen atoms in total. The van der Waals surface area contributed by atoms with Gasteiger partial charge in [-0.25, -0.2) is 19.3 Å². The lowest BCUT2D eigenvalue weighted by Gasteiger charge is -2.13. The van der Waals surface area contributed by atoms with Gasteiger partial charge in [-0.1, -0.05) is 35.3 Å². The molecule has 0 aliphatic heterocycles. The summed E-state index contributed by atoms with van der Waals surface area (Å²) in [5, 5.41) is 0.357. The fourth-order valence-electron chi connectivity index (χ4n) is 2.83. The Kier molecular flexibility index (Phi) is 6.67. The Morgan fingerprint density at radius 3 is 2.43 bits per heavy atom. The zero-order valence-corrected chi connectivity index (χ0v) is 16.6. The largest absolute Gasteiger partial charge is 0.435 e. The summed E-state index contributed by atoms with van der Waals surface area (Å²) in [5.74, 6) is -0.951. The first-order valence-corrected chi connectivity index (χ1v) is 9.40. The predicted octanol–water partition coefficient (Wildman–Crippen LogP) is 6.54. The molecule has 1 aromatic carbocycles. The van der Waals surface area contributed by atoms with Gasteiger partial charge in [0.2, 0.25) is 0 Å². The zero-order chi connectivity index (χ0) is 21.9. The normalized spacial score (nSPS) is 12.6. The summed E-state index contributed by atoms with van der Waals surface area (Å²) in [5.41, 5.74) is -0.866. The van der Waals surface area contributed by atoms with E-state index in [-0.39, 0.29) is 22.2 Å². The molecule has 1 atom stereocenters. The molecule has 0 fully saturated rings. The van der Waals surface area contributed by atoms with Gasteiger partial charge in [0.15, 0.2) is 11.5 Å². The number of nitrogens with zero attached hydrogens (tertiary/aromatic N) is 3. The maximum atomic E-state index is 14.7. The molecule has 0 aliphatic rings. The molecule has 0 radical (unpaired) electrons. The van der Waals surface area contributed by atoms with Gasteiger partial charge in [-0.2, -0.15) is 13.2 Å². The van der Waals surface area contributed by atoms with Crippen molar-refractivity contribution in [2.24, 2.45) is 0 Å². The summed E-state index contributed by atoms with van der Waals surface area (Å²) < 4.78 is 53.6. The van der Waals surface area contributed by atoms with E-state index >= 15 is 0 Å². The summed E-state index contributed by atoms with van der Waals surface area (Å²) in [6.45, 7) is 0. The van der Waals surface area contributed by atoms with E-state index in [0.717, 1.165) is 12.4 Å². The van der Waals surface area contributed by atoms with Gasteiger partial charge in [0.25, 0.3) is 0 Å². The molecule has 0 saturated carbocycles. The summed E-state index contributed by atoms with van der Waals surface area (Å²) >= 11 is 12.2. The van der Waals surface area contributed by atoms with Crippen molar-refractivity contribution in [2.45, 2.75) is 25.2 Å². The monoisotopic (exact) mass is 457 g/mol. The lowest BCUT2D eigenvalue weighted by atomic mass is 9.99. The maximum absolute atomic E-state index is 14.7. The van der Waals surface area contributed by atoms with Crippen LogP contribution >= 0.6 is 23.2 Å². The Balaban J connectivity index is 1.74. The Labute approximate surface area is 178 Å². The van der Waals surface area contributed by atoms with Gasteiger partial charge in [0.05, 0.1) is 0 Å². The third kappa shape index (κ3) is 4.94. The highest BCUT2D eigenvalue weighted by atomic mass is 35.5. The van der Waals surface area contributed by atoms with Crippen LogP contribution < -0.4 is 0 Å². The van der Waals surface area contributed by atoms with Crippen molar-refractivity contribution < 1.29 is 22.4 Å². The van der Waals surface area contributed by atoms with Gasteiger partial charge in [0.1, 0.15) is 17.0 Å². The topological polar surface area (TPSA) is 55.7 Å². The third-order valence-electron chi connectivity index (χ3n) is 4.26. The van der Waals surface area contributed by atoms with Crippen LogP contribution in [0, 0.1) is 0 Å². The smallest absolute Gasteiger partial charge is 0.292 e. The Bertz CT molecular complexity index is 1080. The van der Waals surface area contributed by atoms with Crippen LogP contribution in [0.25, 0.3) is 11.1 Å². The van der Waals surface area contributed by atoms with Gasteiger partial charge in [-0.3, -0.25) is 4.79 Å². The lowest BCUT2D eigenvalue weighted by Crippen LogP contribution is -2.17. The minimum atomic E-state index is -4.83. The van der Waals surface area contributed by atoms with Crippen LogP contribution in [-0.2, 0) is 6.18 Å². The molecule has 0 bridgehead atoms. The van der Waals surface area contributed by atoms with Crippen LogP contribution in [0.4, 0.5) is 17.6 Å². The van der Waals surface area contributed by atoms with Gasteiger partial charge >= 0.3 is 6.18 Å². The molecule has 156 valence electrons. The number of carbonyl (C=O) groups is 1. The summed E-state index contributed by atoms with van der Waals surface area (Å²) in [7, 11) is 0. The van der Waals surface area contributed by atoms with E-state index in [1.165, 1.54) is 18.3 Å². The molecular weight excluding hydrogens is 445 g/mol. The number of carbonyl (C=O) groups excluding carboxylic acids is 1. The molecule has 0 saturated heterocycles. The minimum Gasteiger partial charge on any atom is -0.292 e. The number of alkyl halides is 4. The van der Waals surface area contributed by atoms with E-state index in [1.807, 2.05) is 0 Å². The minimum absolute atomic E-state index is 0.0999.